The Morgan fingerprint density at radius 1 is 0.321 bits per heavy atom. The second kappa shape index (κ2) is 19.6. The molecule has 5 fully saturated rings. The van der Waals surface area contributed by atoms with Crippen molar-refractivity contribution >= 4 is 0 Å². The lowest BCUT2D eigenvalue weighted by Gasteiger charge is -2.48. The van der Waals surface area contributed by atoms with Gasteiger partial charge in [-0.15, -0.1) is 0 Å². The molecule has 25 atom stereocenters. The van der Waals surface area contributed by atoms with Crippen LogP contribution in [0.3, 0.4) is 0 Å². The Hall–Kier alpha value is -1.00. The van der Waals surface area contributed by atoms with Crippen LogP contribution in [-0.2, 0) is 37.9 Å². The zero-order chi connectivity index (χ0) is 41.3. The van der Waals surface area contributed by atoms with E-state index >= 15 is 0 Å². The highest BCUT2D eigenvalue weighted by Gasteiger charge is 2.54. The van der Waals surface area contributed by atoms with E-state index in [1.165, 1.54) is 0 Å². The molecule has 5 saturated heterocycles. The SMILES string of the molecule is OC[C@@H]1OC(O[C@@H]2[C@@H](O)[C@H](O)[C@@H](CO[C@H]3O[C@H](CO)[C@@H](O)[C@H](O)[C@H]3O)O[C@@H]2CC[C@H]2O[C@H](OC3[C@@H](CO)O[C@H](O)[C@H](O)[C@H]3O)[C@H](O)[C@@H](O)[C@@H]2O)[C@@H](O)[C@H](O)[C@H]1O. The fraction of sp³-hybridized carbons (Fsp3) is 1.00. The van der Waals surface area contributed by atoms with Gasteiger partial charge in [-0.25, -0.2) is 0 Å². The average Bonchev–Trinajstić information content (AvgIpc) is 3.18. The van der Waals surface area contributed by atoms with Gasteiger partial charge in [-0.1, -0.05) is 0 Å². The minimum atomic E-state index is -1.98. The Labute approximate surface area is 317 Å². The molecule has 5 aliphatic rings. The highest BCUT2D eigenvalue weighted by atomic mass is 16.7. The smallest absolute Gasteiger partial charge is 0.187 e. The summed E-state index contributed by atoms with van der Waals surface area (Å²) in [5.41, 5.74) is 0. The molecular weight excluding hydrogens is 772 g/mol. The fourth-order valence-corrected chi connectivity index (χ4v) is 7.27. The monoisotopic (exact) mass is 826 g/mol. The first kappa shape index (κ1) is 46.1. The molecule has 5 heterocycles. The van der Waals surface area contributed by atoms with Crippen LogP contribution in [0, 0.1) is 0 Å². The maximum Gasteiger partial charge on any atom is 0.187 e. The maximum absolute atomic E-state index is 11.3. The van der Waals surface area contributed by atoms with Crippen molar-refractivity contribution in [1.82, 2.24) is 0 Å². The quantitative estimate of drug-likeness (QED) is 0.0819. The molecule has 5 aliphatic heterocycles. The molecule has 0 aromatic rings. The van der Waals surface area contributed by atoms with Gasteiger partial charge in [0.15, 0.2) is 25.2 Å². The summed E-state index contributed by atoms with van der Waals surface area (Å²) in [6.45, 7) is -3.14. The van der Waals surface area contributed by atoms with E-state index < -0.39 is 180 Å². The summed E-state index contributed by atoms with van der Waals surface area (Å²) in [6, 6.07) is 0. The predicted molar refractivity (Wildman–Crippen MR) is 170 cm³/mol. The molecule has 328 valence electrons. The number of aliphatic hydroxyl groups excluding tert-OH is 17. The Morgan fingerprint density at radius 3 is 1.23 bits per heavy atom. The normalized spacial score (nSPS) is 53.2. The Balaban J connectivity index is 1.33. The molecular formula is C31H54O25. The zero-order valence-corrected chi connectivity index (χ0v) is 29.5. The first-order chi connectivity index (χ1) is 26.4. The number of rotatable bonds is 13. The average molecular weight is 827 g/mol. The third kappa shape index (κ3) is 9.47. The van der Waals surface area contributed by atoms with Gasteiger partial charge in [-0.3, -0.25) is 0 Å². The predicted octanol–water partition coefficient (Wildman–Crippen LogP) is -11.1. The molecule has 17 N–H and O–H groups in total. The summed E-state index contributed by atoms with van der Waals surface area (Å²) in [6.07, 6.45) is -44.5. The molecule has 0 aromatic heterocycles. The summed E-state index contributed by atoms with van der Waals surface area (Å²) in [5.74, 6) is 0. The highest BCUT2D eigenvalue weighted by Crippen LogP contribution is 2.35. The van der Waals surface area contributed by atoms with Crippen molar-refractivity contribution in [2.45, 2.75) is 166 Å². The molecule has 56 heavy (non-hydrogen) atoms. The Bertz CT molecular complexity index is 1200. The van der Waals surface area contributed by atoms with E-state index in [1.54, 1.807) is 0 Å². The van der Waals surface area contributed by atoms with Crippen LogP contribution in [0.1, 0.15) is 12.8 Å². The third-order valence-electron chi connectivity index (χ3n) is 10.7. The van der Waals surface area contributed by atoms with Gasteiger partial charge in [0.2, 0.25) is 0 Å². The van der Waals surface area contributed by atoms with Crippen molar-refractivity contribution in [3.8, 4) is 0 Å². The van der Waals surface area contributed by atoms with Gasteiger partial charge in [0, 0.05) is 0 Å². The van der Waals surface area contributed by atoms with Gasteiger partial charge in [-0.05, 0) is 12.8 Å². The van der Waals surface area contributed by atoms with Crippen molar-refractivity contribution in [2.75, 3.05) is 26.4 Å². The van der Waals surface area contributed by atoms with Crippen LogP contribution in [0.25, 0.3) is 0 Å². The van der Waals surface area contributed by atoms with Crippen LogP contribution >= 0.6 is 0 Å². The molecule has 25 heteroatoms. The van der Waals surface area contributed by atoms with E-state index in [-0.39, 0.29) is 12.8 Å². The molecule has 2 unspecified atom stereocenters. The second-order valence-corrected chi connectivity index (χ2v) is 14.4. The van der Waals surface area contributed by atoms with E-state index in [1.807, 2.05) is 0 Å². The van der Waals surface area contributed by atoms with Gasteiger partial charge in [0.25, 0.3) is 0 Å². The molecule has 0 radical (unpaired) electrons. The molecule has 0 amide bonds. The molecule has 0 saturated carbocycles. The van der Waals surface area contributed by atoms with Gasteiger partial charge < -0.3 is 125 Å². The van der Waals surface area contributed by atoms with Crippen molar-refractivity contribution in [3.05, 3.63) is 0 Å². The summed E-state index contributed by atoms with van der Waals surface area (Å²) >= 11 is 0. The van der Waals surface area contributed by atoms with Gasteiger partial charge in [0.1, 0.15) is 116 Å². The molecule has 5 rings (SSSR count). The van der Waals surface area contributed by atoms with Crippen LogP contribution in [0.15, 0.2) is 0 Å². The maximum atomic E-state index is 11.3. The van der Waals surface area contributed by atoms with E-state index in [2.05, 4.69) is 0 Å². The molecule has 0 spiro atoms. The molecule has 0 aromatic carbocycles. The van der Waals surface area contributed by atoms with E-state index in [0.717, 1.165) is 0 Å². The number of aliphatic hydroxyl groups is 17. The van der Waals surface area contributed by atoms with Crippen LogP contribution in [0.2, 0.25) is 0 Å². The van der Waals surface area contributed by atoms with Gasteiger partial charge >= 0.3 is 0 Å². The van der Waals surface area contributed by atoms with Crippen molar-refractivity contribution in [2.24, 2.45) is 0 Å². The number of ether oxygens (including phenoxy) is 8. The van der Waals surface area contributed by atoms with Gasteiger partial charge in [0.05, 0.1) is 38.6 Å². The standard InChI is InChI=1S/C31H54O25/c32-3-9-14(36)18(40)23(45)29(53-9)49-6-12-16(38)20(42)26(55-31-25(47)19(41)15(37)10(4-33)54-31)8(50-12)2-1-7-13(35)17(39)24(46)30(52-7)56-27-11(5-34)51-28(48)22(44)21(27)43/h7-48H,1-6H2/t7-,8-,9-,10+,11-,12-,13-,14-,15+,16-,17+,18+,19-,20+,21-,22-,23-,24-,25+,26+,27?,28+,29+,30-,31?/m1/s1. The van der Waals surface area contributed by atoms with Gasteiger partial charge in [-0.2, -0.15) is 0 Å². The second-order valence-electron chi connectivity index (χ2n) is 14.4. The lowest BCUT2D eigenvalue weighted by molar-refractivity contribution is -0.356. The van der Waals surface area contributed by atoms with Crippen LogP contribution in [-0.4, -0.2) is 267 Å². The number of hydrogen-bond donors (Lipinski definition) is 17. The summed E-state index contributed by atoms with van der Waals surface area (Å²) in [4.78, 5) is 0. The number of hydrogen-bond acceptors (Lipinski definition) is 25. The topological polar surface area (TPSA) is 418 Å². The lowest BCUT2D eigenvalue weighted by Crippen LogP contribution is -2.65. The lowest BCUT2D eigenvalue weighted by atomic mass is 9.89. The summed E-state index contributed by atoms with van der Waals surface area (Å²) < 4.78 is 44.3. The van der Waals surface area contributed by atoms with Crippen LogP contribution in [0.4, 0.5) is 0 Å². The minimum absolute atomic E-state index is 0.348. The third-order valence-corrected chi connectivity index (χ3v) is 10.7. The minimum Gasteiger partial charge on any atom is -0.394 e. The zero-order valence-electron chi connectivity index (χ0n) is 29.5. The van der Waals surface area contributed by atoms with Crippen LogP contribution in [0.5, 0.6) is 0 Å². The summed E-state index contributed by atoms with van der Waals surface area (Å²) in [5, 5.41) is 176. The van der Waals surface area contributed by atoms with E-state index in [4.69, 9.17) is 37.9 Å². The van der Waals surface area contributed by atoms with Crippen LogP contribution < -0.4 is 0 Å². The van der Waals surface area contributed by atoms with Crippen molar-refractivity contribution in [1.29, 1.82) is 0 Å². The Kier molecular flexibility index (Phi) is 16.1. The molecule has 0 bridgehead atoms. The first-order valence-electron chi connectivity index (χ1n) is 18.0. The largest absolute Gasteiger partial charge is 0.394 e. The van der Waals surface area contributed by atoms with E-state index in [0.29, 0.717) is 0 Å². The van der Waals surface area contributed by atoms with Crippen molar-refractivity contribution < 1.29 is 125 Å². The Morgan fingerprint density at radius 2 is 0.714 bits per heavy atom. The van der Waals surface area contributed by atoms with E-state index in [9.17, 15) is 86.8 Å². The fourth-order valence-electron chi connectivity index (χ4n) is 7.27. The summed E-state index contributed by atoms with van der Waals surface area (Å²) in [7, 11) is 0. The molecule has 0 aliphatic carbocycles. The molecule has 25 nitrogen and oxygen atoms in total. The van der Waals surface area contributed by atoms with Crippen molar-refractivity contribution in [3.63, 3.8) is 0 Å². The first-order valence-corrected chi connectivity index (χ1v) is 18.0. The highest BCUT2D eigenvalue weighted by molar-refractivity contribution is 4.99.